The Labute approximate surface area is 134 Å². The normalized spacial score (nSPS) is 10.1. The highest BCUT2D eigenvalue weighted by atomic mass is 35.5. The minimum Gasteiger partial charge on any atom is -0.493 e. The lowest BCUT2D eigenvalue weighted by atomic mass is 10.2. The molecule has 0 radical (unpaired) electrons. The van der Waals surface area contributed by atoms with Crippen LogP contribution in [0, 0.1) is 0 Å². The maximum atomic E-state index is 6.07. The van der Waals surface area contributed by atoms with Crippen LogP contribution in [0.1, 0.15) is 12.0 Å². The molecular weight excluding hydrogens is 306 g/mol. The van der Waals surface area contributed by atoms with Crippen LogP contribution in [0.15, 0.2) is 48.5 Å². The molecule has 0 saturated carbocycles. The molecule has 0 unspecified atom stereocenters. The van der Waals surface area contributed by atoms with E-state index in [0.717, 1.165) is 12.2 Å². The summed E-state index contributed by atoms with van der Waals surface area (Å²) in [5, 5.41) is 0.500. The van der Waals surface area contributed by atoms with Crippen molar-refractivity contribution in [3.63, 3.8) is 0 Å². The predicted octanol–water partition coefficient (Wildman–Crippen LogP) is 3.82. The second-order valence-corrected chi connectivity index (χ2v) is 5.22. The number of hydrogen-bond donors (Lipinski definition) is 1. The number of rotatable bonds is 7. The number of thiocarbonyl (C=S) groups is 1. The molecule has 0 aliphatic heterocycles. The maximum Gasteiger partial charge on any atom is 0.120 e. The van der Waals surface area contributed by atoms with Crippen LogP contribution in [-0.4, -0.2) is 18.2 Å². The standard InChI is InChI=1S/C16H16ClNO2S/c17-15-11-13(7-8-14(15)16(18)21)20-10-4-9-19-12-5-2-1-3-6-12/h1-3,5-8,11H,4,9-10H2,(H2,18,21). The van der Waals surface area contributed by atoms with Gasteiger partial charge in [0.05, 0.1) is 18.2 Å². The van der Waals surface area contributed by atoms with Gasteiger partial charge in [0.2, 0.25) is 0 Å². The molecule has 2 aromatic carbocycles. The Balaban J connectivity index is 1.74. The molecule has 2 aromatic rings. The van der Waals surface area contributed by atoms with Crippen molar-refractivity contribution in [1.29, 1.82) is 0 Å². The Hall–Kier alpha value is -1.78. The third kappa shape index (κ3) is 4.92. The van der Waals surface area contributed by atoms with Crippen LogP contribution in [0.4, 0.5) is 0 Å². The average Bonchev–Trinajstić information content (AvgIpc) is 2.47. The number of benzene rings is 2. The lowest BCUT2D eigenvalue weighted by Gasteiger charge is -2.09. The van der Waals surface area contributed by atoms with E-state index in [-0.39, 0.29) is 4.99 Å². The van der Waals surface area contributed by atoms with E-state index >= 15 is 0 Å². The molecular formula is C16H16ClNO2S. The van der Waals surface area contributed by atoms with Crippen molar-refractivity contribution < 1.29 is 9.47 Å². The van der Waals surface area contributed by atoms with Gasteiger partial charge in [0.1, 0.15) is 16.5 Å². The average molecular weight is 322 g/mol. The van der Waals surface area contributed by atoms with E-state index in [1.807, 2.05) is 30.3 Å². The van der Waals surface area contributed by atoms with Crippen LogP contribution in [0.25, 0.3) is 0 Å². The van der Waals surface area contributed by atoms with E-state index < -0.39 is 0 Å². The summed E-state index contributed by atoms with van der Waals surface area (Å²) < 4.78 is 11.2. The van der Waals surface area contributed by atoms with E-state index in [2.05, 4.69) is 0 Å². The molecule has 3 nitrogen and oxygen atoms in total. The highest BCUT2D eigenvalue weighted by Crippen LogP contribution is 2.22. The van der Waals surface area contributed by atoms with Crippen LogP contribution in [0.5, 0.6) is 11.5 Å². The lowest BCUT2D eigenvalue weighted by molar-refractivity contribution is 0.247. The van der Waals surface area contributed by atoms with Crippen molar-refractivity contribution in [3.8, 4) is 11.5 Å². The number of nitrogens with two attached hydrogens (primary N) is 1. The Morgan fingerprint density at radius 2 is 1.67 bits per heavy atom. The van der Waals surface area contributed by atoms with Gasteiger partial charge >= 0.3 is 0 Å². The van der Waals surface area contributed by atoms with Crippen LogP contribution in [0.2, 0.25) is 5.02 Å². The fourth-order valence-electron chi connectivity index (χ4n) is 1.74. The number of hydrogen-bond acceptors (Lipinski definition) is 3. The zero-order valence-corrected chi connectivity index (χ0v) is 13.0. The Morgan fingerprint density at radius 1 is 1.00 bits per heavy atom. The first-order valence-corrected chi connectivity index (χ1v) is 7.35. The van der Waals surface area contributed by atoms with Crippen LogP contribution in [-0.2, 0) is 0 Å². The largest absolute Gasteiger partial charge is 0.493 e. The van der Waals surface area contributed by atoms with Gasteiger partial charge in [-0.1, -0.05) is 42.0 Å². The van der Waals surface area contributed by atoms with Crippen molar-refractivity contribution in [2.45, 2.75) is 6.42 Å². The summed E-state index contributed by atoms with van der Waals surface area (Å²) in [7, 11) is 0. The Morgan fingerprint density at radius 3 is 2.29 bits per heavy atom. The van der Waals surface area contributed by atoms with Gasteiger partial charge in [-0.2, -0.15) is 0 Å². The number of ether oxygens (including phenoxy) is 2. The molecule has 0 spiro atoms. The molecule has 0 saturated heterocycles. The van der Waals surface area contributed by atoms with Gasteiger partial charge in [0.15, 0.2) is 0 Å². The van der Waals surface area contributed by atoms with Crippen molar-refractivity contribution in [2.24, 2.45) is 5.73 Å². The predicted molar refractivity (Wildman–Crippen MR) is 89.4 cm³/mol. The molecule has 0 aromatic heterocycles. The third-order valence-corrected chi connectivity index (χ3v) is 3.31. The first kappa shape index (κ1) is 15.6. The molecule has 0 heterocycles. The first-order valence-electron chi connectivity index (χ1n) is 6.57. The summed E-state index contributed by atoms with van der Waals surface area (Å²) in [6.07, 6.45) is 0.781. The smallest absolute Gasteiger partial charge is 0.120 e. The minimum absolute atomic E-state index is 0.280. The molecule has 0 atom stereocenters. The van der Waals surface area contributed by atoms with E-state index in [4.69, 9.17) is 39.0 Å². The highest BCUT2D eigenvalue weighted by molar-refractivity contribution is 7.80. The maximum absolute atomic E-state index is 6.07. The summed E-state index contributed by atoms with van der Waals surface area (Å²) >= 11 is 11.0. The topological polar surface area (TPSA) is 44.5 Å². The number of halogens is 1. The monoisotopic (exact) mass is 321 g/mol. The van der Waals surface area contributed by atoms with Gasteiger partial charge in [0, 0.05) is 12.0 Å². The number of para-hydroxylation sites is 1. The fourth-order valence-corrected chi connectivity index (χ4v) is 2.25. The molecule has 0 bridgehead atoms. The quantitative estimate of drug-likeness (QED) is 0.622. The van der Waals surface area contributed by atoms with Crippen molar-refractivity contribution >= 4 is 28.8 Å². The Kier molecular flexibility index (Phi) is 5.84. The third-order valence-electron chi connectivity index (χ3n) is 2.78. The molecule has 0 aliphatic rings. The van der Waals surface area contributed by atoms with Gasteiger partial charge in [-0.05, 0) is 30.3 Å². The SMILES string of the molecule is NC(=S)c1ccc(OCCCOc2ccccc2)cc1Cl. The highest BCUT2D eigenvalue weighted by Gasteiger charge is 2.05. The van der Waals surface area contributed by atoms with E-state index in [1.54, 1.807) is 18.2 Å². The van der Waals surface area contributed by atoms with Gasteiger partial charge in [0.25, 0.3) is 0 Å². The minimum atomic E-state index is 0.280. The van der Waals surface area contributed by atoms with E-state index in [0.29, 0.717) is 29.5 Å². The first-order chi connectivity index (χ1) is 10.2. The molecule has 0 amide bonds. The second kappa shape index (κ2) is 7.86. The van der Waals surface area contributed by atoms with Crippen molar-refractivity contribution in [2.75, 3.05) is 13.2 Å². The van der Waals surface area contributed by atoms with Crippen molar-refractivity contribution in [1.82, 2.24) is 0 Å². The van der Waals surface area contributed by atoms with E-state index in [1.165, 1.54) is 0 Å². The fraction of sp³-hybridized carbons (Fsp3) is 0.188. The zero-order valence-electron chi connectivity index (χ0n) is 11.4. The van der Waals surface area contributed by atoms with Crippen molar-refractivity contribution in [3.05, 3.63) is 59.1 Å². The summed E-state index contributed by atoms with van der Waals surface area (Å²) in [4.78, 5) is 0.280. The Bertz CT molecular complexity index is 604. The summed E-state index contributed by atoms with van der Waals surface area (Å²) in [5.74, 6) is 1.56. The van der Waals surface area contributed by atoms with Gasteiger partial charge in [-0.15, -0.1) is 0 Å². The van der Waals surface area contributed by atoms with Crippen LogP contribution >= 0.6 is 23.8 Å². The lowest BCUT2D eigenvalue weighted by Crippen LogP contribution is -2.10. The molecule has 110 valence electrons. The molecule has 2 rings (SSSR count). The van der Waals surface area contributed by atoms with Gasteiger partial charge < -0.3 is 15.2 Å². The molecule has 21 heavy (non-hydrogen) atoms. The molecule has 2 N–H and O–H groups in total. The summed E-state index contributed by atoms with van der Waals surface area (Å²) in [6.45, 7) is 1.15. The second-order valence-electron chi connectivity index (χ2n) is 4.37. The molecule has 0 aliphatic carbocycles. The summed E-state index contributed by atoms with van der Waals surface area (Å²) in [5.41, 5.74) is 6.21. The summed E-state index contributed by atoms with van der Waals surface area (Å²) in [6, 6.07) is 15.0. The molecule has 0 fully saturated rings. The zero-order chi connectivity index (χ0) is 15.1. The van der Waals surface area contributed by atoms with Crippen LogP contribution < -0.4 is 15.2 Å². The van der Waals surface area contributed by atoms with Gasteiger partial charge in [-0.3, -0.25) is 0 Å². The van der Waals surface area contributed by atoms with E-state index in [9.17, 15) is 0 Å². The van der Waals surface area contributed by atoms with Gasteiger partial charge in [-0.25, -0.2) is 0 Å². The molecule has 5 heteroatoms. The van der Waals surface area contributed by atoms with Crippen LogP contribution in [0.3, 0.4) is 0 Å².